The molecule has 192 valence electrons. The van der Waals surface area contributed by atoms with Crippen LogP contribution in [0, 0.1) is 11.3 Å². The van der Waals surface area contributed by atoms with E-state index >= 15 is 0 Å². The van der Waals surface area contributed by atoms with Crippen molar-refractivity contribution in [1.29, 1.82) is 5.26 Å². The van der Waals surface area contributed by atoms with Gasteiger partial charge in [0.05, 0.1) is 12.7 Å². The molecule has 2 aromatic carbocycles. The Balaban J connectivity index is 1.83. The maximum absolute atomic E-state index is 13.1. The van der Waals surface area contributed by atoms with Crippen molar-refractivity contribution in [3.8, 4) is 6.07 Å². The Hall–Kier alpha value is -3.69. The van der Waals surface area contributed by atoms with E-state index in [-0.39, 0.29) is 6.61 Å². The molecule has 0 amide bonds. The number of carbonyl (C=O) groups is 1. The van der Waals surface area contributed by atoms with Gasteiger partial charge in [0.1, 0.15) is 17.1 Å². The summed E-state index contributed by atoms with van der Waals surface area (Å²) in [6.07, 6.45) is 3.28. The standard InChI is InChI=1S/C31H35N3O3/c1-6-10-26-33-29(31(4,5)36)28(30(35)37-7-2)34(26)19-21-13-16-25-23(17-21)15-14-22-11-8-9-12-24(22)27(25)20(3)18-32/h8-9,11-13,16-17,36H,6-7,10,14-15,19H2,1-5H3/b27-20+. The van der Waals surface area contributed by atoms with Crippen LogP contribution < -0.4 is 0 Å². The van der Waals surface area contributed by atoms with Crippen molar-refractivity contribution >= 4 is 11.5 Å². The van der Waals surface area contributed by atoms with Crippen molar-refractivity contribution in [2.75, 3.05) is 6.61 Å². The number of esters is 1. The maximum atomic E-state index is 13.1. The van der Waals surface area contributed by atoms with E-state index in [2.05, 4.69) is 43.3 Å². The quantitative estimate of drug-likeness (QED) is 0.333. The highest BCUT2D eigenvalue weighted by Crippen LogP contribution is 2.36. The summed E-state index contributed by atoms with van der Waals surface area (Å²) in [5.74, 6) is 0.278. The molecule has 6 heteroatoms. The van der Waals surface area contributed by atoms with Crippen LogP contribution in [-0.4, -0.2) is 27.2 Å². The van der Waals surface area contributed by atoms with E-state index in [1.165, 1.54) is 11.1 Å². The Morgan fingerprint density at radius 1 is 1.14 bits per heavy atom. The summed E-state index contributed by atoms with van der Waals surface area (Å²) in [5, 5.41) is 20.6. The second-order valence-electron chi connectivity index (χ2n) is 10.1. The summed E-state index contributed by atoms with van der Waals surface area (Å²) in [4.78, 5) is 17.8. The van der Waals surface area contributed by atoms with Crippen molar-refractivity contribution < 1.29 is 14.6 Å². The van der Waals surface area contributed by atoms with Crippen molar-refractivity contribution in [3.63, 3.8) is 0 Å². The molecule has 0 fully saturated rings. The average Bonchev–Trinajstić information content (AvgIpc) is 3.14. The fourth-order valence-electron chi connectivity index (χ4n) is 5.15. The van der Waals surface area contributed by atoms with Crippen LogP contribution in [0.4, 0.5) is 0 Å². The van der Waals surface area contributed by atoms with E-state index in [1.54, 1.807) is 20.8 Å². The highest BCUT2D eigenvalue weighted by atomic mass is 16.5. The molecule has 0 aliphatic heterocycles. The van der Waals surface area contributed by atoms with Gasteiger partial charge in [-0.05, 0) is 74.8 Å². The van der Waals surface area contributed by atoms with Crippen LogP contribution in [0.25, 0.3) is 5.57 Å². The van der Waals surface area contributed by atoms with Gasteiger partial charge in [-0.15, -0.1) is 0 Å². The van der Waals surface area contributed by atoms with Crippen molar-refractivity contribution in [2.24, 2.45) is 0 Å². The second-order valence-corrected chi connectivity index (χ2v) is 10.1. The Kier molecular flexibility index (Phi) is 7.65. The summed E-state index contributed by atoms with van der Waals surface area (Å²) in [6, 6.07) is 17.0. The number of allylic oxidation sites excluding steroid dienone is 1. The minimum atomic E-state index is -1.29. The molecule has 0 saturated carbocycles. The van der Waals surface area contributed by atoms with Crippen LogP contribution in [0.1, 0.15) is 90.9 Å². The molecule has 0 spiro atoms. The molecule has 3 aromatic rings. The maximum Gasteiger partial charge on any atom is 0.357 e. The zero-order valence-electron chi connectivity index (χ0n) is 22.4. The van der Waals surface area contributed by atoms with Gasteiger partial charge in [-0.3, -0.25) is 0 Å². The van der Waals surface area contributed by atoms with Gasteiger partial charge in [0.15, 0.2) is 5.69 Å². The highest BCUT2D eigenvalue weighted by Gasteiger charge is 2.32. The summed E-state index contributed by atoms with van der Waals surface area (Å²) >= 11 is 0. The van der Waals surface area contributed by atoms with Gasteiger partial charge >= 0.3 is 5.97 Å². The first-order valence-corrected chi connectivity index (χ1v) is 13.0. The second kappa shape index (κ2) is 10.7. The molecule has 1 aromatic heterocycles. The normalized spacial score (nSPS) is 14.3. The summed E-state index contributed by atoms with van der Waals surface area (Å²) in [7, 11) is 0. The van der Waals surface area contributed by atoms with Gasteiger partial charge in [-0.2, -0.15) is 5.26 Å². The van der Waals surface area contributed by atoms with Crippen LogP contribution in [-0.2, 0) is 36.1 Å². The SMILES string of the molecule is CCCc1nc(C(C)(C)O)c(C(=O)OCC)n1Cc1ccc2c(c1)CCc1ccccc1/C2=C(/C)C#N. The van der Waals surface area contributed by atoms with Crippen molar-refractivity contribution in [3.05, 3.63) is 93.1 Å². The zero-order chi connectivity index (χ0) is 26.7. The van der Waals surface area contributed by atoms with E-state index < -0.39 is 11.6 Å². The third-order valence-electron chi connectivity index (χ3n) is 6.84. The number of nitriles is 1. The molecule has 0 atom stereocenters. The molecule has 37 heavy (non-hydrogen) atoms. The number of carbonyl (C=O) groups excluding carboxylic acids is 1. The number of hydrogen-bond acceptors (Lipinski definition) is 5. The molecular weight excluding hydrogens is 462 g/mol. The Bertz CT molecular complexity index is 1400. The van der Waals surface area contributed by atoms with E-state index in [0.29, 0.717) is 29.9 Å². The number of ether oxygens (including phenoxy) is 1. The number of hydrogen-bond donors (Lipinski definition) is 1. The number of rotatable bonds is 7. The van der Waals surface area contributed by atoms with Gasteiger partial charge in [0.2, 0.25) is 0 Å². The Morgan fingerprint density at radius 3 is 2.51 bits per heavy atom. The summed E-state index contributed by atoms with van der Waals surface area (Å²) < 4.78 is 7.28. The molecule has 6 nitrogen and oxygen atoms in total. The monoisotopic (exact) mass is 497 g/mol. The van der Waals surface area contributed by atoms with Crippen molar-refractivity contribution in [1.82, 2.24) is 9.55 Å². The first-order chi connectivity index (χ1) is 17.7. The highest BCUT2D eigenvalue weighted by molar-refractivity contribution is 5.90. The van der Waals surface area contributed by atoms with Crippen LogP contribution in [0.15, 0.2) is 48.0 Å². The number of aliphatic hydroxyl groups is 1. The molecule has 0 bridgehead atoms. The Morgan fingerprint density at radius 2 is 1.84 bits per heavy atom. The smallest absolute Gasteiger partial charge is 0.357 e. The van der Waals surface area contributed by atoms with Gasteiger partial charge in [0.25, 0.3) is 0 Å². The first-order valence-electron chi connectivity index (χ1n) is 13.0. The molecule has 1 N–H and O–H groups in total. The minimum Gasteiger partial charge on any atom is -0.461 e. The van der Waals surface area contributed by atoms with Gasteiger partial charge < -0.3 is 14.4 Å². The third kappa shape index (κ3) is 5.23. The lowest BCUT2D eigenvalue weighted by atomic mass is 9.90. The fraction of sp³-hybridized carbons (Fsp3) is 0.387. The lowest BCUT2D eigenvalue weighted by molar-refractivity contribution is 0.0469. The molecule has 0 unspecified atom stereocenters. The number of fused-ring (bicyclic) bond motifs is 2. The number of benzene rings is 2. The van der Waals surface area contributed by atoms with E-state index in [1.807, 2.05) is 23.6 Å². The number of nitrogens with zero attached hydrogens (tertiary/aromatic N) is 3. The lowest BCUT2D eigenvalue weighted by Crippen LogP contribution is -2.23. The van der Waals surface area contributed by atoms with Crippen LogP contribution in [0.5, 0.6) is 0 Å². The molecule has 1 aliphatic carbocycles. The fourth-order valence-corrected chi connectivity index (χ4v) is 5.15. The van der Waals surface area contributed by atoms with Gasteiger partial charge in [-0.25, -0.2) is 9.78 Å². The van der Waals surface area contributed by atoms with Gasteiger partial charge in [-0.1, -0.05) is 49.4 Å². The molecule has 1 aliphatic rings. The summed E-state index contributed by atoms with van der Waals surface area (Å²) in [6.45, 7) is 9.68. The van der Waals surface area contributed by atoms with Gasteiger partial charge in [0, 0.05) is 24.1 Å². The average molecular weight is 498 g/mol. The molecule has 1 heterocycles. The predicted molar refractivity (Wildman–Crippen MR) is 144 cm³/mol. The number of aryl methyl sites for hydroxylation is 3. The largest absolute Gasteiger partial charge is 0.461 e. The summed E-state index contributed by atoms with van der Waals surface area (Å²) in [5.41, 5.74) is 6.69. The lowest BCUT2D eigenvalue weighted by Gasteiger charge is -2.18. The number of imidazole rings is 1. The van der Waals surface area contributed by atoms with Crippen molar-refractivity contribution in [2.45, 2.75) is 72.4 Å². The minimum absolute atomic E-state index is 0.241. The zero-order valence-corrected chi connectivity index (χ0v) is 22.4. The number of aromatic nitrogens is 2. The molecule has 4 rings (SSSR count). The Labute approximate surface area is 219 Å². The topological polar surface area (TPSA) is 88.1 Å². The van der Waals surface area contributed by atoms with Crippen LogP contribution in [0.3, 0.4) is 0 Å². The van der Waals surface area contributed by atoms with Crippen LogP contribution in [0.2, 0.25) is 0 Å². The third-order valence-corrected chi connectivity index (χ3v) is 6.84. The van der Waals surface area contributed by atoms with E-state index in [4.69, 9.17) is 9.72 Å². The molecule has 0 radical (unpaired) electrons. The molecule has 0 saturated heterocycles. The van der Waals surface area contributed by atoms with E-state index in [9.17, 15) is 15.2 Å². The predicted octanol–water partition coefficient (Wildman–Crippen LogP) is 5.73. The van der Waals surface area contributed by atoms with E-state index in [0.717, 1.165) is 47.4 Å². The first kappa shape index (κ1) is 26.4. The molecular formula is C31H35N3O3. The van der Waals surface area contributed by atoms with Crippen LogP contribution >= 0.6 is 0 Å².